The number of aryl methyl sites for hydroxylation is 2. The number of benzene rings is 1. The van der Waals surface area contributed by atoms with E-state index < -0.39 is 6.10 Å². The van der Waals surface area contributed by atoms with Gasteiger partial charge in [0.05, 0.1) is 11.8 Å². The smallest absolute Gasteiger partial charge is 0.141 e. The van der Waals surface area contributed by atoms with Crippen LogP contribution in [0.15, 0.2) is 22.7 Å². The van der Waals surface area contributed by atoms with Crippen molar-refractivity contribution in [3.05, 3.63) is 35.2 Å². The van der Waals surface area contributed by atoms with Crippen molar-refractivity contribution in [3.63, 3.8) is 0 Å². The molecule has 0 saturated heterocycles. The molecule has 2 aromatic rings. The SMILES string of the molecule is Cc1noc(C)c1-c1cc(O)cc(C(C)O)c1. The quantitative estimate of drug-likeness (QED) is 0.837. The second-order valence-corrected chi connectivity index (χ2v) is 4.19. The Bertz CT molecular complexity index is 524. The van der Waals surface area contributed by atoms with Gasteiger partial charge in [-0.3, -0.25) is 0 Å². The third kappa shape index (κ3) is 2.17. The first-order valence-corrected chi connectivity index (χ1v) is 5.44. The van der Waals surface area contributed by atoms with Crippen LogP contribution in [-0.4, -0.2) is 15.4 Å². The maximum absolute atomic E-state index is 9.66. The normalized spacial score (nSPS) is 12.7. The second kappa shape index (κ2) is 4.22. The van der Waals surface area contributed by atoms with Crippen molar-refractivity contribution < 1.29 is 14.7 Å². The van der Waals surface area contributed by atoms with Gasteiger partial charge >= 0.3 is 0 Å². The molecule has 0 bridgehead atoms. The summed E-state index contributed by atoms with van der Waals surface area (Å²) in [6.45, 7) is 5.32. The number of nitrogens with zero attached hydrogens (tertiary/aromatic N) is 1. The summed E-state index contributed by atoms with van der Waals surface area (Å²) in [5, 5.41) is 23.1. The van der Waals surface area contributed by atoms with Crippen LogP contribution < -0.4 is 0 Å². The van der Waals surface area contributed by atoms with Crippen LogP contribution in [0.3, 0.4) is 0 Å². The highest BCUT2D eigenvalue weighted by Crippen LogP contribution is 2.32. The van der Waals surface area contributed by atoms with E-state index in [2.05, 4.69) is 5.16 Å². The molecule has 0 spiro atoms. The molecule has 0 aliphatic heterocycles. The van der Waals surface area contributed by atoms with Gasteiger partial charge in [0.2, 0.25) is 0 Å². The highest BCUT2D eigenvalue weighted by atomic mass is 16.5. The average molecular weight is 233 g/mol. The van der Waals surface area contributed by atoms with Crippen LogP contribution in [0.5, 0.6) is 5.75 Å². The Morgan fingerprint density at radius 3 is 2.47 bits per heavy atom. The van der Waals surface area contributed by atoms with Crippen molar-refractivity contribution in [2.45, 2.75) is 26.9 Å². The van der Waals surface area contributed by atoms with E-state index in [1.54, 1.807) is 19.1 Å². The van der Waals surface area contributed by atoms with E-state index in [9.17, 15) is 10.2 Å². The van der Waals surface area contributed by atoms with Crippen LogP contribution in [0.2, 0.25) is 0 Å². The Balaban J connectivity index is 2.60. The van der Waals surface area contributed by atoms with E-state index >= 15 is 0 Å². The maximum Gasteiger partial charge on any atom is 0.141 e. The lowest BCUT2D eigenvalue weighted by atomic mass is 9.99. The summed E-state index contributed by atoms with van der Waals surface area (Å²) in [6.07, 6.45) is -0.624. The summed E-state index contributed by atoms with van der Waals surface area (Å²) in [4.78, 5) is 0. The van der Waals surface area contributed by atoms with Crippen LogP contribution in [0, 0.1) is 13.8 Å². The highest BCUT2D eigenvalue weighted by molar-refractivity contribution is 5.69. The molecule has 0 amide bonds. The fraction of sp³-hybridized carbons (Fsp3) is 0.308. The Labute approximate surface area is 99.5 Å². The molecule has 0 aliphatic carbocycles. The van der Waals surface area contributed by atoms with E-state index in [0.717, 1.165) is 16.8 Å². The van der Waals surface area contributed by atoms with Gasteiger partial charge in [0.25, 0.3) is 0 Å². The van der Waals surface area contributed by atoms with Crippen molar-refractivity contribution in [1.82, 2.24) is 5.16 Å². The van der Waals surface area contributed by atoms with Gasteiger partial charge in [0, 0.05) is 5.56 Å². The van der Waals surface area contributed by atoms with Crippen LogP contribution in [-0.2, 0) is 0 Å². The molecule has 2 N–H and O–H groups in total. The van der Waals surface area contributed by atoms with Crippen LogP contribution >= 0.6 is 0 Å². The third-order valence-electron chi connectivity index (χ3n) is 2.74. The molecule has 1 atom stereocenters. The summed E-state index contributed by atoms with van der Waals surface area (Å²) in [6, 6.07) is 5.02. The van der Waals surface area contributed by atoms with Crippen LogP contribution in [0.1, 0.15) is 30.0 Å². The summed E-state index contributed by atoms with van der Waals surface area (Å²) in [7, 11) is 0. The molecule has 17 heavy (non-hydrogen) atoms. The topological polar surface area (TPSA) is 66.5 Å². The zero-order valence-electron chi connectivity index (χ0n) is 10.1. The van der Waals surface area contributed by atoms with E-state index in [-0.39, 0.29) is 5.75 Å². The summed E-state index contributed by atoms with van der Waals surface area (Å²) in [5.41, 5.74) is 3.10. The predicted octanol–water partition coefficient (Wildman–Crippen LogP) is 2.72. The van der Waals surface area contributed by atoms with Gasteiger partial charge in [-0.25, -0.2) is 0 Å². The first-order chi connectivity index (χ1) is 7.99. The van der Waals surface area contributed by atoms with Gasteiger partial charge in [-0.1, -0.05) is 5.16 Å². The number of hydrogen-bond acceptors (Lipinski definition) is 4. The molecule has 1 heterocycles. The minimum absolute atomic E-state index is 0.124. The van der Waals surface area contributed by atoms with E-state index in [1.807, 2.05) is 19.9 Å². The number of aliphatic hydroxyl groups excluding tert-OH is 1. The number of rotatable bonds is 2. The maximum atomic E-state index is 9.66. The number of phenolic OH excluding ortho intramolecular Hbond substituents is 1. The fourth-order valence-corrected chi connectivity index (χ4v) is 1.92. The molecule has 4 nitrogen and oxygen atoms in total. The van der Waals surface area contributed by atoms with Crippen molar-refractivity contribution in [3.8, 4) is 16.9 Å². The molecular weight excluding hydrogens is 218 g/mol. The lowest BCUT2D eigenvalue weighted by Crippen LogP contribution is -1.92. The molecule has 2 rings (SSSR count). The number of phenols is 1. The molecule has 4 heteroatoms. The van der Waals surface area contributed by atoms with E-state index in [1.165, 1.54) is 0 Å². The molecule has 1 unspecified atom stereocenters. The van der Waals surface area contributed by atoms with Gasteiger partial charge in [-0.2, -0.15) is 0 Å². The number of aliphatic hydroxyl groups is 1. The lowest BCUT2D eigenvalue weighted by molar-refractivity contribution is 0.199. The summed E-state index contributed by atoms with van der Waals surface area (Å²) in [5.74, 6) is 0.822. The van der Waals surface area contributed by atoms with E-state index in [0.29, 0.717) is 11.3 Å². The predicted molar refractivity (Wildman–Crippen MR) is 63.7 cm³/mol. The Morgan fingerprint density at radius 1 is 1.24 bits per heavy atom. The van der Waals surface area contributed by atoms with E-state index in [4.69, 9.17) is 4.52 Å². The van der Waals surface area contributed by atoms with Crippen molar-refractivity contribution in [2.75, 3.05) is 0 Å². The molecule has 1 aromatic carbocycles. The fourth-order valence-electron chi connectivity index (χ4n) is 1.92. The molecule has 0 radical (unpaired) electrons. The zero-order valence-corrected chi connectivity index (χ0v) is 10.1. The third-order valence-corrected chi connectivity index (χ3v) is 2.74. The van der Waals surface area contributed by atoms with Gasteiger partial charge in [-0.05, 0) is 50.1 Å². The first-order valence-electron chi connectivity index (χ1n) is 5.44. The monoisotopic (exact) mass is 233 g/mol. The van der Waals surface area contributed by atoms with Gasteiger partial charge in [0.15, 0.2) is 0 Å². The van der Waals surface area contributed by atoms with Gasteiger partial charge in [0.1, 0.15) is 11.5 Å². The highest BCUT2D eigenvalue weighted by Gasteiger charge is 2.14. The summed E-state index contributed by atoms with van der Waals surface area (Å²) >= 11 is 0. The molecule has 0 fully saturated rings. The van der Waals surface area contributed by atoms with Gasteiger partial charge in [-0.15, -0.1) is 0 Å². The molecule has 0 saturated carbocycles. The Hall–Kier alpha value is -1.81. The van der Waals surface area contributed by atoms with Crippen molar-refractivity contribution in [1.29, 1.82) is 0 Å². The molecule has 90 valence electrons. The standard InChI is InChI=1S/C13H15NO3/c1-7-13(9(3)17-14-7)11-4-10(8(2)15)5-12(16)6-11/h4-6,8,15-16H,1-3H3. The first kappa shape index (κ1) is 11.7. The molecular formula is C13H15NO3. The second-order valence-electron chi connectivity index (χ2n) is 4.19. The average Bonchev–Trinajstić information content (AvgIpc) is 2.57. The van der Waals surface area contributed by atoms with Crippen molar-refractivity contribution >= 4 is 0 Å². The number of aromatic nitrogens is 1. The van der Waals surface area contributed by atoms with Crippen molar-refractivity contribution in [2.24, 2.45) is 0 Å². The number of aromatic hydroxyl groups is 1. The minimum atomic E-state index is -0.624. The molecule has 0 aliphatic rings. The van der Waals surface area contributed by atoms with Crippen LogP contribution in [0.4, 0.5) is 0 Å². The minimum Gasteiger partial charge on any atom is -0.508 e. The largest absolute Gasteiger partial charge is 0.508 e. The lowest BCUT2D eigenvalue weighted by Gasteiger charge is -2.08. The Kier molecular flexibility index (Phi) is 2.90. The Morgan fingerprint density at radius 2 is 1.94 bits per heavy atom. The number of hydrogen-bond donors (Lipinski definition) is 2. The van der Waals surface area contributed by atoms with Crippen LogP contribution in [0.25, 0.3) is 11.1 Å². The summed E-state index contributed by atoms with van der Waals surface area (Å²) < 4.78 is 5.10. The van der Waals surface area contributed by atoms with Gasteiger partial charge < -0.3 is 14.7 Å². The molecule has 1 aromatic heterocycles. The zero-order chi connectivity index (χ0) is 12.6.